The Balaban J connectivity index is 2.03. The third kappa shape index (κ3) is 2.06. The number of ether oxygens (including phenoxy) is 3. The van der Waals surface area contributed by atoms with Gasteiger partial charge in [0.2, 0.25) is 6.10 Å². The zero-order valence-electron chi connectivity index (χ0n) is 8.38. The van der Waals surface area contributed by atoms with Crippen LogP contribution in [-0.2, 0) is 9.53 Å². The average Bonchev–Trinajstić information content (AvgIpc) is 2.35. The monoisotopic (exact) mass is 219 g/mol. The first-order valence-corrected chi connectivity index (χ1v) is 4.73. The van der Waals surface area contributed by atoms with E-state index in [1.807, 2.05) is 6.07 Å². The molecule has 2 rings (SSSR count). The zero-order chi connectivity index (χ0) is 11.4. The van der Waals surface area contributed by atoms with Gasteiger partial charge in [-0.2, -0.15) is 5.26 Å². The number of benzene rings is 1. The summed E-state index contributed by atoms with van der Waals surface area (Å²) in [6.07, 6.45) is -0.803. The van der Waals surface area contributed by atoms with Crippen molar-refractivity contribution in [1.82, 2.24) is 0 Å². The van der Waals surface area contributed by atoms with Gasteiger partial charge in [0.05, 0.1) is 0 Å². The summed E-state index contributed by atoms with van der Waals surface area (Å²) in [4.78, 5) is 11.4. The molecule has 5 nitrogen and oxygen atoms in total. The van der Waals surface area contributed by atoms with Gasteiger partial charge in [-0.05, 0) is 12.1 Å². The highest BCUT2D eigenvalue weighted by Crippen LogP contribution is 2.30. The van der Waals surface area contributed by atoms with Crippen molar-refractivity contribution in [2.45, 2.75) is 6.10 Å². The number of para-hydroxylation sites is 2. The molecule has 0 amide bonds. The minimum atomic E-state index is -0.803. The van der Waals surface area contributed by atoms with Crippen LogP contribution in [0.5, 0.6) is 11.5 Å². The lowest BCUT2D eigenvalue weighted by Gasteiger charge is -2.24. The molecule has 0 unspecified atom stereocenters. The second-order valence-electron chi connectivity index (χ2n) is 3.13. The summed E-state index contributed by atoms with van der Waals surface area (Å²) >= 11 is 0. The number of nitriles is 1. The Hall–Kier alpha value is -2.22. The van der Waals surface area contributed by atoms with Crippen LogP contribution in [0.2, 0.25) is 0 Å². The van der Waals surface area contributed by atoms with Crippen LogP contribution in [0, 0.1) is 11.3 Å². The maximum atomic E-state index is 11.4. The van der Waals surface area contributed by atoms with Crippen molar-refractivity contribution in [2.24, 2.45) is 0 Å². The van der Waals surface area contributed by atoms with Gasteiger partial charge in [0, 0.05) is 0 Å². The molecule has 0 bridgehead atoms. The molecule has 0 N–H and O–H groups in total. The van der Waals surface area contributed by atoms with Crippen molar-refractivity contribution in [1.29, 1.82) is 5.26 Å². The van der Waals surface area contributed by atoms with E-state index in [1.54, 1.807) is 24.3 Å². The third-order valence-corrected chi connectivity index (χ3v) is 2.05. The molecule has 82 valence electrons. The highest BCUT2D eigenvalue weighted by Gasteiger charge is 2.28. The van der Waals surface area contributed by atoms with Crippen LogP contribution >= 0.6 is 0 Å². The minimum Gasteiger partial charge on any atom is -0.485 e. The topological polar surface area (TPSA) is 68.5 Å². The smallest absolute Gasteiger partial charge is 0.352 e. The number of hydrogen-bond donors (Lipinski definition) is 0. The van der Waals surface area contributed by atoms with E-state index in [1.165, 1.54) is 0 Å². The molecule has 1 aliphatic rings. The lowest BCUT2D eigenvalue weighted by Crippen LogP contribution is -2.37. The molecule has 5 heteroatoms. The Morgan fingerprint density at radius 1 is 1.50 bits per heavy atom. The van der Waals surface area contributed by atoms with Crippen LogP contribution in [-0.4, -0.2) is 25.3 Å². The number of carbonyl (C=O) groups is 1. The van der Waals surface area contributed by atoms with Gasteiger partial charge in [0.25, 0.3) is 0 Å². The number of hydrogen-bond acceptors (Lipinski definition) is 5. The molecule has 1 aliphatic heterocycles. The highest BCUT2D eigenvalue weighted by molar-refractivity contribution is 5.76. The molecule has 0 fully saturated rings. The minimum absolute atomic E-state index is 0.0985. The van der Waals surface area contributed by atoms with E-state index in [0.29, 0.717) is 11.5 Å². The molecule has 0 spiro atoms. The van der Waals surface area contributed by atoms with Gasteiger partial charge in [-0.25, -0.2) is 4.79 Å². The maximum Gasteiger partial charge on any atom is 0.352 e. The molecule has 1 atom stereocenters. The second kappa shape index (κ2) is 4.53. The number of rotatable bonds is 2. The summed E-state index contributed by atoms with van der Waals surface area (Å²) in [7, 11) is 0. The van der Waals surface area contributed by atoms with Gasteiger partial charge in [-0.3, -0.25) is 0 Å². The van der Waals surface area contributed by atoms with Crippen LogP contribution < -0.4 is 9.47 Å². The molecular weight excluding hydrogens is 210 g/mol. The van der Waals surface area contributed by atoms with E-state index in [0.717, 1.165) is 0 Å². The molecule has 16 heavy (non-hydrogen) atoms. The van der Waals surface area contributed by atoms with Crippen LogP contribution in [0.1, 0.15) is 0 Å². The predicted octanol–water partition coefficient (Wildman–Crippen LogP) is 0.893. The first-order valence-electron chi connectivity index (χ1n) is 4.73. The summed E-state index contributed by atoms with van der Waals surface area (Å²) in [5.74, 6) is 0.524. The summed E-state index contributed by atoms with van der Waals surface area (Å²) in [6.45, 7) is -0.179. The average molecular weight is 219 g/mol. The second-order valence-corrected chi connectivity index (χ2v) is 3.13. The van der Waals surface area contributed by atoms with Gasteiger partial charge < -0.3 is 14.2 Å². The van der Waals surface area contributed by atoms with E-state index < -0.39 is 12.1 Å². The maximum absolute atomic E-state index is 11.4. The number of nitrogens with zero attached hydrogens (tertiary/aromatic N) is 1. The van der Waals surface area contributed by atoms with Crippen molar-refractivity contribution < 1.29 is 19.0 Å². The predicted molar refractivity (Wildman–Crippen MR) is 52.9 cm³/mol. The highest BCUT2D eigenvalue weighted by atomic mass is 16.6. The summed E-state index contributed by atoms with van der Waals surface area (Å²) in [5.41, 5.74) is 0. The molecule has 1 aromatic rings. The fourth-order valence-corrected chi connectivity index (χ4v) is 1.33. The molecular formula is C11H9NO4. The van der Waals surface area contributed by atoms with Gasteiger partial charge in [0.1, 0.15) is 12.7 Å². The quantitative estimate of drug-likeness (QED) is 0.691. The van der Waals surface area contributed by atoms with Crippen LogP contribution in [0.25, 0.3) is 0 Å². The molecule has 0 saturated heterocycles. The lowest BCUT2D eigenvalue weighted by molar-refractivity contribution is -0.153. The van der Waals surface area contributed by atoms with Crippen molar-refractivity contribution in [3.05, 3.63) is 24.3 Å². The Morgan fingerprint density at radius 3 is 3.00 bits per heavy atom. The van der Waals surface area contributed by atoms with Crippen molar-refractivity contribution >= 4 is 5.97 Å². The van der Waals surface area contributed by atoms with E-state index in [4.69, 9.17) is 14.7 Å². The normalized spacial score (nSPS) is 17.3. The Morgan fingerprint density at radius 2 is 2.25 bits per heavy atom. The largest absolute Gasteiger partial charge is 0.485 e. The standard InChI is InChI=1S/C11H9NO4/c12-5-6-14-11(13)10-7-15-8-3-1-2-4-9(8)16-10/h1-4,10H,6-7H2/t10-/m1/s1. The van der Waals surface area contributed by atoms with Crippen LogP contribution in [0.4, 0.5) is 0 Å². The van der Waals surface area contributed by atoms with E-state index in [-0.39, 0.29) is 13.2 Å². The Kier molecular flexibility index (Phi) is 2.92. The van der Waals surface area contributed by atoms with Crippen LogP contribution in [0.15, 0.2) is 24.3 Å². The van der Waals surface area contributed by atoms with Crippen molar-refractivity contribution in [2.75, 3.05) is 13.2 Å². The Bertz CT molecular complexity index is 438. The van der Waals surface area contributed by atoms with Gasteiger partial charge in [0.15, 0.2) is 18.1 Å². The number of esters is 1. The summed E-state index contributed by atoms with van der Waals surface area (Å²) in [6, 6.07) is 8.78. The first kappa shape index (κ1) is 10.3. The molecule has 0 radical (unpaired) electrons. The SMILES string of the molecule is N#CCOC(=O)[C@H]1COc2ccccc2O1. The first-order chi connectivity index (χ1) is 7.81. The van der Waals surface area contributed by atoms with Gasteiger partial charge in [-0.15, -0.1) is 0 Å². The molecule has 0 saturated carbocycles. The van der Waals surface area contributed by atoms with Crippen molar-refractivity contribution in [3.8, 4) is 17.6 Å². The van der Waals surface area contributed by atoms with E-state index in [2.05, 4.69) is 4.74 Å². The van der Waals surface area contributed by atoms with E-state index in [9.17, 15) is 4.79 Å². The number of carbonyl (C=O) groups excluding carboxylic acids is 1. The zero-order valence-corrected chi connectivity index (χ0v) is 8.38. The summed E-state index contributed by atoms with van der Waals surface area (Å²) in [5, 5.41) is 8.27. The molecule has 0 aliphatic carbocycles. The van der Waals surface area contributed by atoms with E-state index >= 15 is 0 Å². The third-order valence-electron chi connectivity index (χ3n) is 2.05. The molecule has 1 heterocycles. The number of fused-ring (bicyclic) bond motifs is 1. The van der Waals surface area contributed by atoms with Crippen molar-refractivity contribution in [3.63, 3.8) is 0 Å². The summed E-state index contributed by atoms with van der Waals surface area (Å²) < 4.78 is 15.4. The molecule has 1 aromatic carbocycles. The van der Waals surface area contributed by atoms with Gasteiger partial charge >= 0.3 is 5.97 Å². The van der Waals surface area contributed by atoms with Crippen LogP contribution in [0.3, 0.4) is 0 Å². The Labute approximate surface area is 92.1 Å². The molecule has 0 aromatic heterocycles. The fourth-order valence-electron chi connectivity index (χ4n) is 1.33. The fraction of sp³-hybridized carbons (Fsp3) is 0.273. The lowest BCUT2D eigenvalue weighted by atomic mass is 10.2. The van der Waals surface area contributed by atoms with Gasteiger partial charge in [-0.1, -0.05) is 12.1 Å².